The number of benzene rings is 1. The summed E-state index contributed by atoms with van der Waals surface area (Å²) in [6.45, 7) is 3.11. The molecule has 304 valence electrons. The van der Waals surface area contributed by atoms with Gasteiger partial charge in [0.2, 0.25) is 6.29 Å². The standard InChI is InChI=1S/C35H40ClN3O17/c1-18(40)50-28-24(16-49-26(45)13-36)55-34(32(53-21(4)43)30(28)52-20(3)42)54-23(14-37)27-29(51-19(2)41)31(47-5)33(56-27)38-12-11-25(44)39(35(38)46)17-48-15-22-9-7-6-8-10-22/h6-12,23-24,27-34H,13,15-17H2,1-5H3/t23?,24-,27-,28-,29?,30+,31?,32+,33-,34+/m1/s1. The highest BCUT2D eigenvalue weighted by Crippen LogP contribution is 2.37. The lowest BCUT2D eigenvalue weighted by Crippen LogP contribution is -2.63. The lowest BCUT2D eigenvalue weighted by molar-refractivity contribution is -0.319. The van der Waals surface area contributed by atoms with Crippen LogP contribution in [0.3, 0.4) is 0 Å². The molecule has 2 aliphatic rings. The molecule has 2 aromatic rings. The van der Waals surface area contributed by atoms with Crippen LogP contribution in [-0.4, -0.2) is 114 Å². The maximum atomic E-state index is 13.7. The summed E-state index contributed by atoms with van der Waals surface area (Å²) in [6, 6.07) is 11.9. The number of halogens is 1. The lowest BCUT2D eigenvalue weighted by atomic mass is 9.97. The van der Waals surface area contributed by atoms with Crippen LogP contribution >= 0.6 is 11.6 Å². The van der Waals surface area contributed by atoms with E-state index in [1.54, 1.807) is 24.3 Å². The smallest absolute Gasteiger partial charge is 0.335 e. The van der Waals surface area contributed by atoms with Gasteiger partial charge in [0, 0.05) is 47.1 Å². The van der Waals surface area contributed by atoms with E-state index < -0.39 is 122 Å². The maximum absolute atomic E-state index is 13.7. The molecule has 3 unspecified atom stereocenters. The first-order valence-corrected chi connectivity index (χ1v) is 17.4. The van der Waals surface area contributed by atoms with Gasteiger partial charge in [-0.3, -0.25) is 33.3 Å². The second-order valence-electron chi connectivity index (χ2n) is 12.3. The van der Waals surface area contributed by atoms with E-state index in [4.69, 9.17) is 59.0 Å². The van der Waals surface area contributed by atoms with E-state index in [0.717, 1.165) is 54.7 Å². The highest BCUT2D eigenvalue weighted by Gasteiger charge is 2.57. The largest absolute Gasteiger partial charge is 0.462 e. The van der Waals surface area contributed by atoms with Crippen LogP contribution in [-0.2, 0) is 84.7 Å². The average Bonchev–Trinajstić information content (AvgIpc) is 3.49. The molecule has 0 radical (unpaired) electrons. The second-order valence-corrected chi connectivity index (χ2v) is 12.5. The van der Waals surface area contributed by atoms with Crippen molar-refractivity contribution < 1.29 is 71.3 Å². The van der Waals surface area contributed by atoms with Gasteiger partial charge in [-0.2, -0.15) is 5.26 Å². The van der Waals surface area contributed by atoms with Crippen molar-refractivity contribution in [2.24, 2.45) is 0 Å². The first-order chi connectivity index (χ1) is 26.7. The molecule has 2 fully saturated rings. The van der Waals surface area contributed by atoms with Crippen LogP contribution in [0.2, 0.25) is 0 Å². The summed E-state index contributed by atoms with van der Waals surface area (Å²) in [5, 5.41) is 10.5. The van der Waals surface area contributed by atoms with Gasteiger partial charge in [0.25, 0.3) is 5.56 Å². The van der Waals surface area contributed by atoms with Crippen molar-refractivity contribution in [2.45, 2.75) is 102 Å². The van der Waals surface area contributed by atoms with Crippen molar-refractivity contribution in [2.75, 3.05) is 19.6 Å². The van der Waals surface area contributed by atoms with E-state index in [0.29, 0.717) is 0 Å². The molecule has 2 aliphatic heterocycles. The predicted molar refractivity (Wildman–Crippen MR) is 184 cm³/mol. The summed E-state index contributed by atoms with van der Waals surface area (Å²) in [5.74, 6) is -5.06. The molecular formula is C35H40ClN3O17. The Hall–Kier alpha value is -5.17. The van der Waals surface area contributed by atoms with Gasteiger partial charge >= 0.3 is 35.5 Å². The van der Waals surface area contributed by atoms with E-state index in [9.17, 15) is 38.8 Å². The number of hydrogen-bond donors (Lipinski definition) is 0. The molecule has 4 rings (SSSR count). The molecule has 21 heteroatoms. The molecule has 1 aromatic carbocycles. The molecule has 3 heterocycles. The summed E-state index contributed by atoms with van der Waals surface area (Å²) in [6.07, 6.45) is -14.8. The van der Waals surface area contributed by atoms with Crippen molar-refractivity contribution in [1.29, 1.82) is 5.26 Å². The summed E-state index contributed by atoms with van der Waals surface area (Å²) in [7, 11) is 1.22. The topological polar surface area (TPSA) is 245 Å². The normalized spacial score (nSPS) is 26.3. The molecule has 56 heavy (non-hydrogen) atoms. The quantitative estimate of drug-likeness (QED) is 0.125. The zero-order valence-corrected chi connectivity index (χ0v) is 31.6. The van der Waals surface area contributed by atoms with Crippen LogP contribution in [0.5, 0.6) is 0 Å². The van der Waals surface area contributed by atoms with E-state index in [-0.39, 0.29) is 6.61 Å². The second kappa shape index (κ2) is 20.1. The van der Waals surface area contributed by atoms with Crippen LogP contribution < -0.4 is 11.2 Å². The number of hydrogen-bond acceptors (Lipinski definition) is 18. The Balaban J connectivity index is 1.71. The van der Waals surface area contributed by atoms with Gasteiger partial charge in [0.1, 0.15) is 37.5 Å². The van der Waals surface area contributed by atoms with E-state index in [2.05, 4.69) is 0 Å². The zero-order valence-electron chi connectivity index (χ0n) is 30.8. The number of carbonyl (C=O) groups excluding carboxylic acids is 5. The summed E-state index contributed by atoms with van der Waals surface area (Å²) in [4.78, 5) is 87.7. The third-order valence-electron chi connectivity index (χ3n) is 8.22. The van der Waals surface area contributed by atoms with Gasteiger partial charge in [0.15, 0.2) is 36.7 Å². The van der Waals surface area contributed by atoms with Crippen LogP contribution in [0, 0.1) is 11.3 Å². The highest BCUT2D eigenvalue weighted by atomic mass is 35.5. The minimum Gasteiger partial charge on any atom is -0.462 e. The van der Waals surface area contributed by atoms with Crippen LogP contribution in [0.4, 0.5) is 0 Å². The summed E-state index contributed by atoms with van der Waals surface area (Å²) < 4.78 is 58.0. The summed E-state index contributed by atoms with van der Waals surface area (Å²) in [5.41, 5.74) is -0.828. The van der Waals surface area contributed by atoms with E-state index >= 15 is 0 Å². The third-order valence-corrected chi connectivity index (χ3v) is 8.44. The van der Waals surface area contributed by atoms with Crippen molar-refractivity contribution in [1.82, 2.24) is 9.13 Å². The molecule has 0 amide bonds. The first kappa shape index (κ1) is 43.6. The number of methoxy groups -OCH3 is 1. The van der Waals surface area contributed by atoms with Gasteiger partial charge in [-0.15, -0.1) is 11.6 Å². The van der Waals surface area contributed by atoms with E-state index in [1.807, 2.05) is 12.1 Å². The molecule has 10 atom stereocenters. The number of nitriles is 1. The number of rotatable bonds is 16. The predicted octanol–water partition coefficient (Wildman–Crippen LogP) is 0.239. The fourth-order valence-electron chi connectivity index (χ4n) is 6.02. The molecule has 0 aliphatic carbocycles. The Morgan fingerprint density at radius 2 is 1.45 bits per heavy atom. The number of alkyl halides is 1. The molecule has 0 N–H and O–H groups in total. The molecule has 0 spiro atoms. The van der Waals surface area contributed by atoms with Gasteiger partial charge in [-0.25, -0.2) is 9.36 Å². The molecule has 2 saturated heterocycles. The number of nitrogens with zero attached hydrogens (tertiary/aromatic N) is 3. The van der Waals surface area contributed by atoms with Crippen LogP contribution in [0.1, 0.15) is 39.5 Å². The van der Waals surface area contributed by atoms with Gasteiger partial charge in [-0.05, 0) is 5.56 Å². The monoisotopic (exact) mass is 809 g/mol. The van der Waals surface area contributed by atoms with Crippen LogP contribution in [0.25, 0.3) is 0 Å². The van der Waals surface area contributed by atoms with Crippen molar-refractivity contribution >= 4 is 41.4 Å². The fourth-order valence-corrected chi connectivity index (χ4v) is 6.10. The number of esters is 5. The maximum Gasteiger partial charge on any atom is 0.335 e. The third kappa shape index (κ3) is 11.0. The zero-order chi connectivity index (χ0) is 41.1. The minimum atomic E-state index is -1.85. The number of aromatic nitrogens is 2. The molecule has 0 saturated carbocycles. The molecular weight excluding hydrogens is 770 g/mol. The molecule has 0 bridgehead atoms. The molecule has 20 nitrogen and oxygen atoms in total. The number of ether oxygens (including phenoxy) is 10. The Morgan fingerprint density at radius 1 is 0.839 bits per heavy atom. The molecule has 1 aromatic heterocycles. The van der Waals surface area contributed by atoms with E-state index in [1.165, 1.54) is 7.11 Å². The highest BCUT2D eigenvalue weighted by molar-refractivity contribution is 6.26. The van der Waals surface area contributed by atoms with Gasteiger partial charge in [0.05, 0.1) is 12.7 Å². The Labute approximate surface area is 323 Å². The average molecular weight is 810 g/mol. The van der Waals surface area contributed by atoms with Crippen molar-refractivity contribution in [3.8, 4) is 6.07 Å². The number of carbonyl (C=O) groups is 5. The minimum absolute atomic E-state index is 0.0769. The Kier molecular flexibility index (Phi) is 15.7. The first-order valence-electron chi connectivity index (χ1n) is 16.9. The SMILES string of the molecule is COC1C(OC(C)=O)[C@@H](C(C#N)O[C@H]2O[C@H](COC(=O)CCl)[C@@H](OC(C)=O)[C@H](OC(C)=O)[C@@H]2OC(C)=O)O[C@H]1n1ccc(=O)n(COCc2ccccc2)c1=O. The summed E-state index contributed by atoms with van der Waals surface area (Å²) >= 11 is 5.57. The van der Waals surface area contributed by atoms with Crippen molar-refractivity contribution in [3.05, 3.63) is 69.0 Å². The lowest BCUT2D eigenvalue weighted by Gasteiger charge is -2.44. The van der Waals surface area contributed by atoms with Crippen molar-refractivity contribution in [3.63, 3.8) is 0 Å². The van der Waals surface area contributed by atoms with Crippen LogP contribution in [0.15, 0.2) is 52.2 Å². The Bertz CT molecular complexity index is 1880. The fraction of sp³-hybridized carbons (Fsp3) is 0.543. The van der Waals surface area contributed by atoms with Gasteiger partial charge in [-0.1, -0.05) is 30.3 Å². The van der Waals surface area contributed by atoms with Gasteiger partial charge < -0.3 is 47.4 Å². The Morgan fingerprint density at radius 3 is 2.04 bits per heavy atom.